The fourth-order valence-electron chi connectivity index (χ4n) is 3.96. The van der Waals surface area contributed by atoms with E-state index in [0.29, 0.717) is 12.3 Å². The molecule has 6 heteroatoms. The van der Waals surface area contributed by atoms with Crippen LogP contribution in [-0.4, -0.2) is 26.3 Å². The lowest BCUT2D eigenvalue weighted by Crippen LogP contribution is -2.26. The van der Waals surface area contributed by atoms with Crippen molar-refractivity contribution in [1.82, 2.24) is 14.5 Å². The molecule has 0 unspecified atom stereocenters. The lowest BCUT2D eigenvalue weighted by atomic mass is 10.0. The van der Waals surface area contributed by atoms with Gasteiger partial charge in [0.15, 0.2) is 5.65 Å². The van der Waals surface area contributed by atoms with Crippen LogP contribution in [0.2, 0.25) is 0 Å². The van der Waals surface area contributed by atoms with E-state index >= 15 is 0 Å². The van der Waals surface area contributed by atoms with Crippen LogP contribution in [0, 0.1) is 6.92 Å². The van der Waals surface area contributed by atoms with Crippen LogP contribution in [-0.2, 0) is 17.7 Å². The van der Waals surface area contributed by atoms with Crippen molar-refractivity contribution >= 4 is 17.3 Å². The molecule has 0 radical (unpaired) electrons. The van der Waals surface area contributed by atoms with Crippen molar-refractivity contribution in [3.8, 4) is 16.9 Å². The summed E-state index contributed by atoms with van der Waals surface area (Å²) in [6.07, 6.45) is 2.43. The molecule has 0 aliphatic heterocycles. The highest BCUT2D eigenvalue weighted by molar-refractivity contribution is 5.75. The van der Waals surface area contributed by atoms with Gasteiger partial charge < -0.3 is 14.0 Å². The molecule has 0 spiro atoms. The Balaban J connectivity index is 1.59. The predicted octanol–water partition coefficient (Wildman–Crippen LogP) is 7.11. The highest BCUT2D eigenvalue weighted by atomic mass is 16.7. The molecule has 0 aliphatic rings. The number of rotatable bonds is 7. The fourth-order valence-corrected chi connectivity index (χ4v) is 3.96. The van der Waals surface area contributed by atoms with Gasteiger partial charge in [-0.05, 0) is 63.4 Å². The van der Waals surface area contributed by atoms with Crippen molar-refractivity contribution in [2.45, 2.75) is 66.0 Å². The van der Waals surface area contributed by atoms with Gasteiger partial charge in [-0.3, -0.25) is 0 Å². The van der Waals surface area contributed by atoms with Gasteiger partial charge in [0.05, 0.1) is 6.54 Å². The van der Waals surface area contributed by atoms with E-state index in [2.05, 4.69) is 35.8 Å². The monoisotopic (exact) mass is 471 g/mol. The number of imidazole rings is 1. The largest absolute Gasteiger partial charge is 0.514 e. The van der Waals surface area contributed by atoms with Crippen molar-refractivity contribution in [2.75, 3.05) is 0 Å². The van der Waals surface area contributed by atoms with Crippen molar-refractivity contribution < 1.29 is 14.3 Å². The summed E-state index contributed by atoms with van der Waals surface area (Å²) in [6, 6.07) is 19.9. The molecule has 2 aromatic heterocycles. The summed E-state index contributed by atoms with van der Waals surface area (Å²) in [7, 11) is 0. The number of fused-ring (bicyclic) bond motifs is 1. The summed E-state index contributed by atoms with van der Waals surface area (Å²) in [4.78, 5) is 21.8. The van der Waals surface area contributed by atoms with Gasteiger partial charge in [0.1, 0.15) is 22.7 Å². The Bertz CT molecular complexity index is 1320. The summed E-state index contributed by atoms with van der Waals surface area (Å²) in [5, 5.41) is 0. The van der Waals surface area contributed by atoms with E-state index in [9.17, 15) is 4.79 Å². The lowest BCUT2D eigenvalue weighted by molar-refractivity contribution is 0.0207. The standard InChI is InChI=1S/C29H33N3O3/c1-6-7-12-26-31-24-18-13-20(2)30-27(24)32(26)19-21-14-16-22(17-15-21)23-10-8-9-11-25(23)34-28(33)35-29(3,4)5/h8-11,13-18H,6-7,12,19H2,1-5H3. The van der Waals surface area contributed by atoms with Gasteiger partial charge in [-0.15, -0.1) is 0 Å². The molecule has 0 saturated heterocycles. The molecule has 182 valence electrons. The van der Waals surface area contributed by atoms with E-state index < -0.39 is 11.8 Å². The summed E-state index contributed by atoms with van der Waals surface area (Å²) in [5.74, 6) is 1.54. The number of hydrogen-bond donors (Lipinski definition) is 0. The van der Waals surface area contributed by atoms with Crippen molar-refractivity contribution in [3.05, 3.63) is 77.7 Å². The molecule has 2 aromatic carbocycles. The second kappa shape index (κ2) is 10.3. The number of nitrogens with zero attached hydrogens (tertiary/aromatic N) is 3. The van der Waals surface area contributed by atoms with Crippen LogP contribution in [0.1, 0.15) is 57.6 Å². The van der Waals surface area contributed by atoms with Crippen LogP contribution in [0.4, 0.5) is 4.79 Å². The van der Waals surface area contributed by atoms with Gasteiger partial charge in [-0.1, -0.05) is 55.8 Å². The highest BCUT2D eigenvalue weighted by Crippen LogP contribution is 2.31. The molecule has 0 N–H and O–H groups in total. The van der Waals surface area contributed by atoms with Crippen molar-refractivity contribution in [3.63, 3.8) is 0 Å². The van der Waals surface area contributed by atoms with Gasteiger partial charge in [0, 0.05) is 17.7 Å². The third kappa shape index (κ3) is 6.07. The lowest BCUT2D eigenvalue weighted by Gasteiger charge is -2.19. The molecule has 4 aromatic rings. The van der Waals surface area contributed by atoms with E-state index in [1.54, 1.807) is 6.07 Å². The van der Waals surface area contributed by atoms with Crippen molar-refractivity contribution in [2.24, 2.45) is 0 Å². The summed E-state index contributed by atoms with van der Waals surface area (Å²) < 4.78 is 13.1. The summed E-state index contributed by atoms with van der Waals surface area (Å²) >= 11 is 0. The first-order valence-electron chi connectivity index (χ1n) is 12.2. The van der Waals surface area contributed by atoms with Crippen LogP contribution in [0.15, 0.2) is 60.7 Å². The number of para-hydroxylation sites is 1. The predicted molar refractivity (Wildman–Crippen MR) is 139 cm³/mol. The first-order valence-corrected chi connectivity index (χ1v) is 12.2. The number of aromatic nitrogens is 3. The van der Waals surface area contributed by atoms with Crippen LogP contribution in [0.3, 0.4) is 0 Å². The molecular weight excluding hydrogens is 438 g/mol. The number of aryl methyl sites for hydroxylation is 2. The SMILES string of the molecule is CCCCc1nc2ccc(C)nc2n1Cc1ccc(-c2ccccc2OC(=O)OC(C)(C)C)cc1. The fraction of sp³-hybridized carbons (Fsp3) is 0.345. The van der Waals surface area contributed by atoms with Crippen LogP contribution < -0.4 is 4.74 Å². The maximum atomic E-state index is 12.2. The van der Waals surface area contributed by atoms with E-state index in [0.717, 1.165) is 58.6 Å². The molecule has 0 amide bonds. The number of ether oxygens (including phenoxy) is 2. The normalized spacial score (nSPS) is 11.6. The van der Waals surface area contributed by atoms with Crippen molar-refractivity contribution in [1.29, 1.82) is 0 Å². The Labute approximate surface area is 206 Å². The van der Waals surface area contributed by atoms with Gasteiger partial charge in [0.25, 0.3) is 0 Å². The molecule has 0 fully saturated rings. The van der Waals surface area contributed by atoms with Gasteiger partial charge in [-0.25, -0.2) is 14.8 Å². The number of benzene rings is 2. The van der Waals surface area contributed by atoms with E-state index in [-0.39, 0.29) is 0 Å². The second-order valence-corrected chi connectivity index (χ2v) is 9.77. The van der Waals surface area contributed by atoms with E-state index in [1.165, 1.54) is 0 Å². The molecule has 2 heterocycles. The zero-order chi connectivity index (χ0) is 25.0. The Kier molecular flexibility index (Phi) is 7.20. The molecule has 0 bridgehead atoms. The average molecular weight is 472 g/mol. The number of pyridine rings is 1. The third-order valence-corrected chi connectivity index (χ3v) is 5.64. The Morgan fingerprint density at radius 3 is 2.43 bits per heavy atom. The summed E-state index contributed by atoms with van der Waals surface area (Å²) in [5.41, 5.74) is 5.18. The minimum atomic E-state index is -0.712. The van der Waals surface area contributed by atoms with Crippen LogP contribution in [0.25, 0.3) is 22.3 Å². The number of hydrogen-bond acceptors (Lipinski definition) is 5. The zero-order valence-corrected chi connectivity index (χ0v) is 21.2. The highest BCUT2D eigenvalue weighted by Gasteiger charge is 2.19. The minimum absolute atomic E-state index is 0.469. The van der Waals surface area contributed by atoms with Crippen LogP contribution in [0.5, 0.6) is 5.75 Å². The summed E-state index contributed by atoms with van der Waals surface area (Å²) in [6.45, 7) is 10.3. The maximum Gasteiger partial charge on any atom is 0.514 e. The Morgan fingerprint density at radius 1 is 0.971 bits per heavy atom. The first kappa shape index (κ1) is 24.5. The van der Waals surface area contributed by atoms with Crippen LogP contribution >= 0.6 is 0 Å². The van der Waals surface area contributed by atoms with Gasteiger partial charge >= 0.3 is 6.16 Å². The quantitative estimate of drug-likeness (QED) is 0.212. The average Bonchev–Trinajstić information content (AvgIpc) is 3.14. The van der Waals surface area contributed by atoms with Gasteiger partial charge in [0.2, 0.25) is 0 Å². The van der Waals surface area contributed by atoms with Gasteiger partial charge in [-0.2, -0.15) is 0 Å². The molecule has 6 nitrogen and oxygen atoms in total. The number of carbonyl (C=O) groups is 1. The van der Waals surface area contributed by atoms with E-state index in [1.807, 2.05) is 58.0 Å². The number of carbonyl (C=O) groups excluding carboxylic acids is 1. The zero-order valence-electron chi connectivity index (χ0n) is 21.2. The smallest absolute Gasteiger partial charge is 0.428 e. The third-order valence-electron chi connectivity index (χ3n) is 5.64. The molecule has 0 atom stereocenters. The minimum Gasteiger partial charge on any atom is -0.428 e. The molecule has 4 rings (SSSR count). The van der Waals surface area contributed by atoms with E-state index in [4.69, 9.17) is 19.4 Å². The Hall–Kier alpha value is -3.67. The first-order chi connectivity index (χ1) is 16.7. The topological polar surface area (TPSA) is 66.2 Å². The molecule has 0 saturated carbocycles. The second-order valence-electron chi connectivity index (χ2n) is 9.77. The maximum absolute atomic E-state index is 12.2. The molecule has 0 aliphatic carbocycles. The molecule has 35 heavy (non-hydrogen) atoms. The Morgan fingerprint density at radius 2 is 1.71 bits per heavy atom. The molecular formula is C29H33N3O3. The number of unbranched alkanes of at least 4 members (excludes halogenated alkanes) is 1.